The summed E-state index contributed by atoms with van der Waals surface area (Å²) in [5, 5.41) is 11.5. The molecule has 0 aromatic carbocycles. The van der Waals surface area contributed by atoms with Crippen LogP contribution in [0.3, 0.4) is 0 Å². The van der Waals surface area contributed by atoms with Gasteiger partial charge in [0.1, 0.15) is 0 Å². The summed E-state index contributed by atoms with van der Waals surface area (Å²) < 4.78 is 7.58. The molecule has 1 rings (SSSR count). The van der Waals surface area contributed by atoms with E-state index in [0.29, 0.717) is 6.73 Å². The molecule has 0 bridgehead atoms. The van der Waals surface area contributed by atoms with Crippen LogP contribution in [0.1, 0.15) is 57.4 Å². The fraction of sp³-hybridized carbons (Fsp3) is 0.625. The number of hydrogen-bond donors (Lipinski definition) is 1. The third-order valence-electron chi connectivity index (χ3n) is 3.22. The molecule has 0 amide bonds. The van der Waals surface area contributed by atoms with Crippen LogP contribution in [0.15, 0.2) is 29.7 Å². The second kappa shape index (κ2) is 11.4. The van der Waals surface area contributed by atoms with Gasteiger partial charge in [0.2, 0.25) is 0 Å². The highest BCUT2D eigenvalue weighted by Gasteiger charge is 2.01. The van der Waals surface area contributed by atoms with Crippen LogP contribution < -0.4 is 4.57 Å². The third-order valence-corrected chi connectivity index (χ3v) is 3.22. The summed E-state index contributed by atoms with van der Waals surface area (Å²) in [6.07, 6.45) is 14.3. The Kier molecular flexibility index (Phi) is 9.49. The van der Waals surface area contributed by atoms with E-state index in [-0.39, 0.29) is 0 Å². The second-order valence-corrected chi connectivity index (χ2v) is 5.05. The van der Waals surface area contributed by atoms with Gasteiger partial charge >= 0.3 is 0 Å². The topological polar surface area (TPSA) is 45.7 Å². The average molecular weight is 279 g/mol. The van der Waals surface area contributed by atoms with E-state index in [2.05, 4.69) is 12.1 Å². The predicted molar refractivity (Wildman–Crippen MR) is 80.0 cm³/mol. The lowest BCUT2D eigenvalue weighted by atomic mass is 10.1. The summed E-state index contributed by atoms with van der Waals surface area (Å²) in [7, 11) is 0. The van der Waals surface area contributed by atoms with Gasteiger partial charge in [-0.05, 0) is 12.5 Å². The first-order valence-corrected chi connectivity index (χ1v) is 7.61. The number of ether oxygens (including phenoxy) is 1. The molecule has 0 atom stereocenters. The lowest BCUT2D eigenvalue weighted by Gasteiger charge is -2.02. The summed E-state index contributed by atoms with van der Waals surface area (Å²) in [4.78, 5) is 0. The van der Waals surface area contributed by atoms with Crippen molar-refractivity contribution >= 4 is 6.21 Å². The van der Waals surface area contributed by atoms with Gasteiger partial charge in [0.25, 0.3) is 6.73 Å². The smallest absolute Gasteiger partial charge is 0.252 e. The van der Waals surface area contributed by atoms with Crippen molar-refractivity contribution in [3.8, 4) is 0 Å². The minimum atomic E-state index is 0.545. The van der Waals surface area contributed by atoms with Crippen LogP contribution in [0.25, 0.3) is 0 Å². The molecule has 0 radical (unpaired) electrons. The fourth-order valence-electron chi connectivity index (χ4n) is 2.10. The van der Waals surface area contributed by atoms with E-state index >= 15 is 0 Å². The zero-order chi connectivity index (χ0) is 14.5. The van der Waals surface area contributed by atoms with Crippen LogP contribution in [0.4, 0.5) is 0 Å². The van der Waals surface area contributed by atoms with E-state index in [4.69, 9.17) is 9.94 Å². The minimum absolute atomic E-state index is 0.545. The molecular weight excluding hydrogens is 252 g/mol. The molecule has 112 valence electrons. The molecule has 4 nitrogen and oxygen atoms in total. The molecule has 0 spiro atoms. The van der Waals surface area contributed by atoms with Gasteiger partial charge in [-0.2, -0.15) is 4.57 Å². The number of hydrogen-bond acceptors (Lipinski definition) is 3. The molecule has 0 aliphatic carbocycles. The van der Waals surface area contributed by atoms with Crippen molar-refractivity contribution in [2.45, 2.75) is 58.6 Å². The number of nitrogens with zero attached hydrogens (tertiary/aromatic N) is 2. The summed E-state index contributed by atoms with van der Waals surface area (Å²) in [5.41, 5.74) is 0.856. The first-order chi connectivity index (χ1) is 9.86. The Bertz CT molecular complexity index is 380. The van der Waals surface area contributed by atoms with Gasteiger partial charge in [0.15, 0.2) is 12.4 Å². The van der Waals surface area contributed by atoms with E-state index in [0.717, 1.165) is 18.6 Å². The van der Waals surface area contributed by atoms with Crippen LogP contribution in [0.2, 0.25) is 0 Å². The van der Waals surface area contributed by atoms with Crippen molar-refractivity contribution in [2.75, 3.05) is 6.61 Å². The standard InChI is InChI=1S/C16H26N2O2/c1-2-3-4-5-6-7-8-12-20-15-18-11-9-10-16(14-18)13-17-19/h9-11,13-14H,2-8,12,15H2,1H3/p+1/b17-13+. The van der Waals surface area contributed by atoms with Gasteiger partial charge in [-0.1, -0.05) is 50.6 Å². The molecule has 0 aliphatic rings. The summed E-state index contributed by atoms with van der Waals surface area (Å²) >= 11 is 0. The number of pyridine rings is 1. The Hall–Kier alpha value is -1.42. The van der Waals surface area contributed by atoms with Crippen molar-refractivity contribution in [1.82, 2.24) is 0 Å². The molecule has 0 saturated carbocycles. The Morgan fingerprint density at radius 2 is 1.95 bits per heavy atom. The molecule has 1 N–H and O–H groups in total. The molecule has 1 aromatic heterocycles. The first kappa shape index (κ1) is 16.6. The number of oxime groups is 1. The van der Waals surface area contributed by atoms with Crippen LogP contribution in [0.5, 0.6) is 0 Å². The molecule has 4 heteroatoms. The molecule has 0 saturated heterocycles. The van der Waals surface area contributed by atoms with Gasteiger partial charge in [-0.3, -0.25) is 0 Å². The third kappa shape index (κ3) is 7.89. The Labute approximate surface area is 122 Å². The van der Waals surface area contributed by atoms with Crippen molar-refractivity contribution in [3.05, 3.63) is 30.1 Å². The molecule has 0 fully saturated rings. The Morgan fingerprint density at radius 1 is 1.20 bits per heavy atom. The van der Waals surface area contributed by atoms with Gasteiger partial charge < -0.3 is 9.94 Å². The second-order valence-electron chi connectivity index (χ2n) is 5.05. The van der Waals surface area contributed by atoms with E-state index in [1.807, 2.05) is 29.1 Å². The quantitative estimate of drug-likeness (QED) is 0.221. The van der Waals surface area contributed by atoms with Gasteiger partial charge in [0.05, 0.1) is 18.4 Å². The highest BCUT2D eigenvalue weighted by atomic mass is 16.5. The van der Waals surface area contributed by atoms with Crippen molar-refractivity contribution in [2.24, 2.45) is 5.16 Å². The average Bonchev–Trinajstić information content (AvgIpc) is 2.46. The summed E-state index contributed by atoms with van der Waals surface area (Å²) in [5.74, 6) is 0. The van der Waals surface area contributed by atoms with Crippen molar-refractivity contribution < 1.29 is 14.5 Å². The Morgan fingerprint density at radius 3 is 2.70 bits per heavy atom. The zero-order valence-corrected chi connectivity index (χ0v) is 12.5. The Balaban J connectivity index is 2.05. The van der Waals surface area contributed by atoms with E-state index in [9.17, 15) is 0 Å². The predicted octanol–water partition coefficient (Wildman–Crippen LogP) is 3.51. The van der Waals surface area contributed by atoms with Gasteiger partial charge in [0, 0.05) is 6.07 Å². The van der Waals surface area contributed by atoms with E-state index in [1.165, 1.54) is 44.7 Å². The van der Waals surface area contributed by atoms with E-state index in [1.54, 1.807) is 0 Å². The zero-order valence-electron chi connectivity index (χ0n) is 12.5. The minimum Gasteiger partial charge on any atom is -0.411 e. The fourth-order valence-corrected chi connectivity index (χ4v) is 2.10. The maximum Gasteiger partial charge on any atom is 0.252 e. The van der Waals surface area contributed by atoms with Crippen molar-refractivity contribution in [1.29, 1.82) is 0 Å². The molecule has 1 aromatic rings. The highest BCUT2D eigenvalue weighted by Crippen LogP contribution is 2.06. The van der Waals surface area contributed by atoms with Crippen LogP contribution >= 0.6 is 0 Å². The maximum absolute atomic E-state index is 8.49. The largest absolute Gasteiger partial charge is 0.411 e. The SMILES string of the molecule is CCCCCCCCCOC[n+]1cccc(/C=N/O)c1. The lowest BCUT2D eigenvalue weighted by Crippen LogP contribution is -2.34. The molecule has 0 unspecified atom stereocenters. The summed E-state index contributed by atoms with van der Waals surface area (Å²) in [6.45, 7) is 3.59. The van der Waals surface area contributed by atoms with E-state index < -0.39 is 0 Å². The molecule has 20 heavy (non-hydrogen) atoms. The number of rotatable bonds is 11. The number of unbranched alkanes of at least 4 members (excludes halogenated alkanes) is 6. The summed E-state index contributed by atoms with van der Waals surface area (Å²) in [6, 6.07) is 3.79. The molecule has 1 heterocycles. The maximum atomic E-state index is 8.49. The van der Waals surface area contributed by atoms with Crippen LogP contribution in [0, 0.1) is 0 Å². The molecule has 0 aliphatic heterocycles. The normalized spacial score (nSPS) is 11.2. The molecular formula is C16H27N2O2+. The van der Waals surface area contributed by atoms with Gasteiger partial charge in [-0.25, -0.2) is 0 Å². The van der Waals surface area contributed by atoms with Crippen molar-refractivity contribution in [3.63, 3.8) is 0 Å². The monoisotopic (exact) mass is 279 g/mol. The van der Waals surface area contributed by atoms with Crippen LogP contribution in [-0.4, -0.2) is 18.0 Å². The number of aromatic nitrogens is 1. The van der Waals surface area contributed by atoms with Gasteiger partial charge in [-0.15, -0.1) is 0 Å². The van der Waals surface area contributed by atoms with Crippen LogP contribution in [-0.2, 0) is 11.5 Å². The lowest BCUT2D eigenvalue weighted by molar-refractivity contribution is -0.732. The first-order valence-electron chi connectivity index (χ1n) is 7.61. The highest BCUT2D eigenvalue weighted by molar-refractivity contribution is 5.77.